The monoisotopic (exact) mass is 1240 g/mol. The van der Waals surface area contributed by atoms with Gasteiger partial charge in [0.2, 0.25) is 20.4 Å². The summed E-state index contributed by atoms with van der Waals surface area (Å²) >= 11 is 8.71. The smallest absolute Gasteiger partial charge is 0.231 e. The first-order valence-electron chi connectivity index (χ1n) is 14.0. The van der Waals surface area contributed by atoms with Gasteiger partial charge in [-0.05, 0) is 81.6 Å². The molecule has 0 aliphatic carbocycles. The number of fused-ring (bicyclic) bond motifs is 3. The zero-order valence-corrected chi connectivity index (χ0v) is 40.1. The van der Waals surface area contributed by atoms with E-state index in [0.29, 0.717) is 29.4 Å². The Morgan fingerprint density at radius 3 is 1.06 bits per heavy atom. The lowest BCUT2D eigenvalue weighted by Gasteiger charge is -2.06. The predicted molar refractivity (Wildman–Crippen MR) is 243 cm³/mol. The lowest BCUT2D eigenvalue weighted by Crippen LogP contribution is -2.16. The van der Waals surface area contributed by atoms with E-state index in [2.05, 4.69) is 156 Å². The molecule has 0 N–H and O–H groups in total. The first-order valence-corrected chi connectivity index (χ1v) is 29.5. The molecule has 6 nitrogen and oxygen atoms in total. The van der Waals surface area contributed by atoms with Crippen LogP contribution < -0.4 is 28.4 Å². The maximum Gasteiger partial charge on any atom is 0.231 e. The number of rotatable bonds is 0. The molecule has 13 heteroatoms. The number of ether oxygens (including phenoxy) is 6. The number of hydrogen-bond acceptors (Lipinski definition) is 6. The van der Waals surface area contributed by atoms with Crippen LogP contribution in [0.4, 0.5) is 0 Å². The molecular formula is C35H33I5O6Si2. The molecule has 0 bridgehead atoms. The van der Waals surface area contributed by atoms with Crippen LogP contribution in [0.1, 0.15) is 22.3 Å². The van der Waals surface area contributed by atoms with Gasteiger partial charge in [0.05, 0.1) is 29.4 Å². The molecule has 3 aromatic rings. The van der Waals surface area contributed by atoms with E-state index in [4.69, 9.17) is 41.3 Å². The van der Waals surface area contributed by atoms with Crippen LogP contribution in [0.2, 0.25) is 39.3 Å². The minimum Gasteiger partial charge on any atom is -0.452 e. The van der Waals surface area contributed by atoms with Crippen molar-refractivity contribution in [3.05, 3.63) is 65.8 Å². The maximum atomic E-state index is 5.60. The molecule has 0 amide bonds. The van der Waals surface area contributed by atoms with E-state index in [1.54, 1.807) is 12.1 Å². The van der Waals surface area contributed by atoms with Crippen molar-refractivity contribution in [3.8, 4) is 82.1 Å². The molecule has 6 rings (SSSR count). The molecule has 0 aromatic heterocycles. The molecule has 3 heterocycles. The van der Waals surface area contributed by atoms with Gasteiger partial charge in [-0.1, -0.05) is 63.0 Å². The van der Waals surface area contributed by atoms with Gasteiger partial charge in [-0.25, -0.2) is 0 Å². The molecule has 48 heavy (non-hydrogen) atoms. The summed E-state index contributed by atoms with van der Waals surface area (Å²) in [6.45, 7) is 14.2. The minimum atomic E-state index is -1.41. The summed E-state index contributed by atoms with van der Waals surface area (Å²) in [7, 11) is -2.81. The highest BCUT2D eigenvalue weighted by Crippen LogP contribution is 2.40. The fraction of sp³-hybridized carbons (Fsp3) is 0.257. The summed E-state index contributed by atoms with van der Waals surface area (Å²) in [5.41, 5.74) is 9.89. The fourth-order valence-electron chi connectivity index (χ4n) is 3.86. The third-order valence-corrected chi connectivity index (χ3v) is 9.36. The van der Waals surface area contributed by atoms with Crippen LogP contribution in [0.5, 0.6) is 34.5 Å². The average molecular weight is 1240 g/mol. The van der Waals surface area contributed by atoms with Crippen molar-refractivity contribution in [1.82, 2.24) is 0 Å². The number of halogens is 5. The van der Waals surface area contributed by atoms with Crippen LogP contribution in [0.25, 0.3) is 0 Å². The van der Waals surface area contributed by atoms with Crippen LogP contribution in [0.3, 0.4) is 0 Å². The zero-order chi connectivity index (χ0) is 34.8. The molecule has 3 aliphatic rings. The summed E-state index contributed by atoms with van der Waals surface area (Å²) < 4.78 is 34.4. The molecule has 0 radical (unpaired) electrons. The molecule has 3 aromatic carbocycles. The van der Waals surface area contributed by atoms with Crippen molar-refractivity contribution >= 4 is 123 Å². The Labute approximate surface area is 353 Å². The number of terminal acetylenes is 2. The van der Waals surface area contributed by atoms with Gasteiger partial charge in [0.15, 0.2) is 34.5 Å². The van der Waals surface area contributed by atoms with Gasteiger partial charge in [0.1, 0.15) is 16.1 Å². The van der Waals surface area contributed by atoms with Crippen LogP contribution in [0.15, 0.2) is 36.4 Å². The van der Waals surface area contributed by atoms with E-state index in [-0.39, 0.29) is 37.6 Å². The Balaban J connectivity index is 0.000000255. The molecule has 0 saturated heterocycles. The second-order valence-corrected chi connectivity index (χ2v) is 23.7. The third-order valence-electron chi connectivity index (χ3n) is 5.92. The van der Waals surface area contributed by atoms with Crippen molar-refractivity contribution in [2.24, 2.45) is 0 Å². The second-order valence-electron chi connectivity index (χ2n) is 11.8. The summed E-state index contributed by atoms with van der Waals surface area (Å²) in [4.78, 5) is 0. The maximum absolute atomic E-state index is 5.60. The molecule has 0 saturated carbocycles. The van der Waals surface area contributed by atoms with Crippen molar-refractivity contribution < 1.29 is 28.4 Å². The van der Waals surface area contributed by atoms with Crippen LogP contribution in [-0.4, -0.2) is 36.5 Å². The van der Waals surface area contributed by atoms with Crippen molar-refractivity contribution in [3.63, 3.8) is 0 Å². The third kappa shape index (κ3) is 12.2. The fourth-order valence-corrected chi connectivity index (χ4v) is 6.04. The van der Waals surface area contributed by atoms with Crippen molar-refractivity contribution in [2.45, 2.75) is 39.3 Å². The van der Waals surface area contributed by atoms with Gasteiger partial charge in [0, 0.05) is 37.2 Å². The van der Waals surface area contributed by atoms with E-state index in [1.165, 1.54) is 0 Å². The highest BCUT2D eigenvalue weighted by atomic mass is 128. The Kier molecular flexibility index (Phi) is 17.9. The highest BCUT2D eigenvalue weighted by Gasteiger charge is 2.22. The second kappa shape index (κ2) is 20.0. The normalized spacial score (nSPS) is 12.2. The molecule has 0 fully saturated rings. The first-order chi connectivity index (χ1) is 22.3. The number of benzene rings is 3. The average Bonchev–Trinajstić information content (AvgIpc) is 3.83. The lowest BCUT2D eigenvalue weighted by atomic mass is 10.1. The summed E-state index contributed by atoms with van der Waals surface area (Å²) in [6, 6.07) is 11.5. The van der Waals surface area contributed by atoms with E-state index in [0.717, 1.165) is 41.3 Å². The van der Waals surface area contributed by atoms with Crippen LogP contribution >= 0.6 is 106 Å². The van der Waals surface area contributed by atoms with E-state index < -0.39 is 16.1 Å². The van der Waals surface area contributed by atoms with Gasteiger partial charge >= 0.3 is 0 Å². The minimum absolute atomic E-state index is 0. The largest absolute Gasteiger partial charge is 0.452 e. The molecule has 252 valence electrons. The summed E-state index contributed by atoms with van der Waals surface area (Å²) in [5, 5.41) is 0. The van der Waals surface area contributed by atoms with E-state index in [9.17, 15) is 0 Å². The van der Waals surface area contributed by atoms with Gasteiger partial charge in [-0.2, -0.15) is 0 Å². The van der Waals surface area contributed by atoms with E-state index >= 15 is 0 Å². The van der Waals surface area contributed by atoms with Gasteiger partial charge in [-0.3, -0.25) is 0 Å². The quantitative estimate of drug-likeness (QED) is 0.127. The molecule has 3 aliphatic heterocycles. The zero-order valence-electron chi connectivity index (χ0n) is 27.1. The van der Waals surface area contributed by atoms with Gasteiger partial charge in [0.25, 0.3) is 0 Å². The van der Waals surface area contributed by atoms with E-state index in [1.807, 2.05) is 24.3 Å². The number of hydrogen-bond donors (Lipinski definition) is 0. The van der Waals surface area contributed by atoms with Gasteiger partial charge in [-0.15, -0.1) is 47.9 Å². The summed E-state index contributed by atoms with van der Waals surface area (Å²) in [6.07, 6.45) is 10.6. The Bertz CT molecular complexity index is 1700. The Morgan fingerprint density at radius 1 is 0.500 bits per heavy atom. The van der Waals surface area contributed by atoms with Gasteiger partial charge < -0.3 is 28.4 Å². The van der Waals surface area contributed by atoms with Crippen molar-refractivity contribution in [1.29, 1.82) is 0 Å². The van der Waals surface area contributed by atoms with Crippen LogP contribution in [-0.2, 0) is 0 Å². The first kappa shape index (κ1) is 42.9. The standard InChI is InChI=1S/C17H22O2Si2.C11H6O2.C7H4I2O2.I2.HI/c1-20(2,3)11-9-14-7-8-15(10-12-21(4,5)6)17-16(14)18-13-19-17;1-3-8-5-6-9(4-2)11-10(8)12-7-13-11;8-4-1-2-5(9)7-6(4)10-3-11-7;1-2;/h7-8H,13H2,1-6H3;1-2,5-6H,7H2;1-2H,3H2;;1H. The summed E-state index contributed by atoms with van der Waals surface area (Å²) in [5.74, 6) is 16.0. The highest BCUT2D eigenvalue weighted by molar-refractivity contribution is 15.0. The van der Waals surface area contributed by atoms with Crippen LogP contribution in [0, 0.1) is 54.8 Å². The van der Waals surface area contributed by atoms with Crippen molar-refractivity contribution in [2.75, 3.05) is 20.4 Å². The molecule has 0 unspecified atom stereocenters. The lowest BCUT2D eigenvalue weighted by molar-refractivity contribution is 0.172. The molecule has 0 spiro atoms. The SMILES string of the molecule is C#Cc1ccc(C#C)c2c1OCO2.C[Si](C)(C)C#Cc1ccc(C#C[Si](C)(C)C)c2c1OCO2.I.II.Ic1ccc(I)c2c1OCO2. The predicted octanol–water partition coefficient (Wildman–Crippen LogP) is 10.3. The topological polar surface area (TPSA) is 55.4 Å². The Hall–Kier alpha value is -1.22. The molecular weight excluding hydrogens is 1210 g/mol. The molecule has 0 atom stereocenters. The Morgan fingerprint density at radius 2 is 0.771 bits per heavy atom.